The maximum atomic E-state index is 12.0. The van der Waals surface area contributed by atoms with E-state index in [0.29, 0.717) is 18.0 Å². The van der Waals surface area contributed by atoms with Gasteiger partial charge >= 0.3 is 5.97 Å². The van der Waals surface area contributed by atoms with Crippen LogP contribution in [0.5, 0.6) is 0 Å². The molecule has 0 atom stereocenters. The molecule has 1 fully saturated rings. The summed E-state index contributed by atoms with van der Waals surface area (Å²) >= 11 is 0. The number of carbonyl (C=O) groups excluding carboxylic acids is 2. The number of rotatable bonds is 5. The Labute approximate surface area is 132 Å². The molecule has 0 radical (unpaired) electrons. The molecule has 4 nitrogen and oxygen atoms in total. The van der Waals surface area contributed by atoms with Crippen LogP contribution in [-0.4, -0.2) is 25.0 Å². The largest absolute Gasteiger partial charge is 0.452 e. The highest BCUT2D eigenvalue weighted by molar-refractivity contribution is 5.91. The first-order valence-electron chi connectivity index (χ1n) is 8.06. The molecular weight excluding hydrogens is 278 g/mol. The van der Waals surface area contributed by atoms with E-state index >= 15 is 0 Å². The Morgan fingerprint density at radius 3 is 2.36 bits per heavy atom. The number of ether oxygens (including phenoxy) is 1. The second kappa shape index (κ2) is 7.97. The summed E-state index contributed by atoms with van der Waals surface area (Å²) in [5.41, 5.74) is 2.51. The molecule has 0 unspecified atom stereocenters. The maximum Gasteiger partial charge on any atom is 0.338 e. The molecule has 120 valence electrons. The van der Waals surface area contributed by atoms with Crippen molar-refractivity contribution in [1.82, 2.24) is 5.32 Å². The topological polar surface area (TPSA) is 55.4 Å². The van der Waals surface area contributed by atoms with Crippen LogP contribution < -0.4 is 5.32 Å². The first kappa shape index (κ1) is 16.5. The van der Waals surface area contributed by atoms with Crippen LogP contribution in [0.4, 0.5) is 0 Å². The van der Waals surface area contributed by atoms with E-state index in [9.17, 15) is 9.59 Å². The highest BCUT2D eigenvalue weighted by Gasteiger charge is 2.15. The van der Waals surface area contributed by atoms with Crippen molar-refractivity contribution < 1.29 is 14.3 Å². The molecule has 0 bridgehead atoms. The fourth-order valence-corrected chi connectivity index (χ4v) is 3.01. The Hall–Kier alpha value is -1.84. The van der Waals surface area contributed by atoms with Crippen molar-refractivity contribution in [3.05, 3.63) is 34.9 Å². The number of carbonyl (C=O) groups is 2. The summed E-state index contributed by atoms with van der Waals surface area (Å²) in [6, 6.07) is 5.54. The molecule has 0 saturated heterocycles. The fraction of sp³-hybridized carbons (Fsp3) is 0.556. The third-order valence-electron chi connectivity index (χ3n) is 4.10. The van der Waals surface area contributed by atoms with Crippen LogP contribution in [0.25, 0.3) is 0 Å². The van der Waals surface area contributed by atoms with Crippen LogP contribution in [0.3, 0.4) is 0 Å². The monoisotopic (exact) mass is 303 g/mol. The summed E-state index contributed by atoms with van der Waals surface area (Å²) in [7, 11) is 0. The van der Waals surface area contributed by atoms with Crippen molar-refractivity contribution in [2.75, 3.05) is 13.2 Å². The first-order chi connectivity index (χ1) is 10.5. The molecule has 0 spiro atoms. The summed E-state index contributed by atoms with van der Waals surface area (Å²) in [6.45, 7) is 4.35. The predicted molar refractivity (Wildman–Crippen MR) is 85.8 cm³/mol. The molecule has 0 aliphatic heterocycles. The summed E-state index contributed by atoms with van der Waals surface area (Å²) in [6.07, 6.45) is 6.17. The van der Waals surface area contributed by atoms with Gasteiger partial charge in [0.05, 0.1) is 5.56 Å². The van der Waals surface area contributed by atoms with E-state index in [2.05, 4.69) is 5.32 Å². The van der Waals surface area contributed by atoms with Crippen LogP contribution in [0.1, 0.15) is 53.6 Å². The van der Waals surface area contributed by atoms with E-state index in [0.717, 1.165) is 11.1 Å². The number of benzene rings is 1. The zero-order chi connectivity index (χ0) is 15.9. The van der Waals surface area contributed by atoms with Crippen LogP contribution in [0.15, 0.2) is 18.2 Å². The van der Waals surface area contributed by atoms with E-state index in [1.165, 1.54) is 32.1 Å². The lowest BCUT2D eigenvalue weighted by atomic mass is 9.89. The Kier molecular flexibility index (Phi) is 5.99. The number of hydrogen-bond donors (Lipinski definition) is 1. The summed E-state index contributed by atoms with van der Waals surface area (Å²) in [5, 5.41) is 2.87. The molecule has 4 heteroatoms. The highest BCUT2D eigenvalue weighted by atomic mass is 16.5. The van der Waals surface area contributed by atoms with E-state index in [4.69, 9.17) is 4.74 Å². The van der Waals surface area contributed by atoms with Gasteiger partial charge in [-0.3, -0.25) is 4.79 Å². The third kappa shape index (κ3) is 5.17. The minimum absolute atomic E-state index is 0.210. The van der Waals surface area contributed by atoms with Gasteiger partial charge in [-0.25, -0.2) is 4.79 Å². The van der Waals surface area contributed by atoms with Gasteiger partial charge in [0.25, 0.3) is 5.91 Å². The molecule has 1 aromatic carbocycles. The van der Waals surface area contributed by atoms with E-state index < -0.39 is 5.97 Å². The molecule has 0 aromatic heterocycles. The summed E-state index contributed by atoms with van der Waals surface area (Å²) in [5.74, 6) is -0.0873. The Bertz CT molecular complexity index is 513. The number of nitrogens with one attached hydrogen (secondary N) is 1. The fourth-order valence-electron chi connectivity index (χ4n) is 3.01. The van der Waals surface area contributed by atoms with Crippen LogP contribution >= 0.6 is 0 Å². The Balaban J connectivity index is 1.74. The lowest BCUT2D eigenvalue weighted by Gasteiger charge is -2.21. The van der Waals surface area contributed by atoms with Crippen molar-refractivity contribution >= 4 is 11.9 Å². The standard InChI is InChI=1S/C18H25NO3/c1-13-8-14(2)10-16(9-13)18(21)22-12-17(20)19-11-15-6-4-3-5-7-15/h8-10,15H,3-7,11-12H2,1-2H3,(H,19,20). The predicted octanol–water partition coefficient (Wildman–Crippen LogP) is 3.16. The first-order valence-corrected chi connectivity index (χ1v) is 8.06. The maximum absolute atomic E-state index is 12.0. The van der Waals surface area contributed by atoms with Crippen molar-refractivity contribution in [2.24, 2.45) is 5.92 Å². The zero-order valence-electron chi connectivity index (χ0n) is 13.5. The second-order valence-electron chi connectivity index (χ2n) is 6.26. The Morgan fingerprint density at radius 1 is 1.09 bits per heavy atom. The zero-order valence-corrected chi connectivity index (χ0v) is 13.5. The van der Waals surface area contributed by atoms with Gasteiger partial charge in [0.2, 0.25) is 0 Å². The number of amides is 1. The molecule has 1 N–H and O–H groups in total. The van der Waals surface area contributed by atoms with Gasteiger partial charge in [0.1, 0.15) is 0 Å². The lowest BCUT2D eigenvalue weighted by molar-refractivity contribution is -0.124. The number of hydrogen-bond acceptors (Lipinski definition) is 3. The van der Waals surface area contributed by atoms with Crippen molar-refractivity contribution in [3.63, 3.8) is 0 Å². The summed E-state index contributed by atoms with van der Waals surface area (Å²) in [4.78, 5) is 23.7. The van der Waals surface area contributed by atoms with Crippen molar-refractivity contribution in [1.29, 1.82) is 0 Å². The molecule has 1 saturated carbocycles. The quantitative estimate of drug-likeness (QED) is 0.850. The van der Waals surface area contributed by atoms with Gasteiger partial charge in [0, 0.05) is 6.54 Å². The summed E-state index contributed by atoms with van der Waals surface area (Å²) < 4.78 is 5.09. The molecule has 2 rings (SSSR count). The van der Waals surface area contributed by atoms with Crippen LogP contribution in [0, 0.1) is 19.8 Å². The molecular formula is C18H25NO3. The van der Waals surface area contributed by atoms with Crippen LogP contribution in [-0.2, 0) is 9.53 Å². The lowest BCUT2D eigenvalue weighted by Crippen LogP contribution is -2.33. The average molecular weight is 303 g/mol. The minimum Gasteiger partial charge on any atom is -0.452 e. The molecule has 22 heavy (non-hydrogen) atoms. The van der Waals surface area contributed by atoms with Gasteiger partial charge < -0.3 is 10.1 Å². The SMILES string of the molecule is Cc1cc(C)cc(C(=O)OCC(=O)NCC2CCCCC2)c1. The minimum atomic E-state index is -0.445. The van der Waals surface area contributed by atoms with Gasteiger partial charge in [-0.15, -0.1) is 0 Å². The molecule has 1 aliphatic carbocycles. The van der Waals surface area contributed by atoms with Crippen molar-refractivity contribution in [2.45, 2.75) is 46.0 Å². The van der Waals surface area contributed by atoms with Gasteiger partial charge in [0.15, 0.2) is 6.61 Å². The number of aryl methyl sites for hydroxylation is 2. The van der Waals surface area contributed by atoms with Gasteiger partial charge in [-0.1, -0.05) is 36.5 Å². The molecule has 1 aromatic rings. The normalized spacial score (nSPS) is 15.4. The molecule has 0 heterocycles. The van der Waals surface area contributed by atoms with E-state index in [1.54, 1.807) is 12.1 Å². The Morgan fingerprint density at radius 2 is 1.73 bits per heavy atom. The smallest absolute Gasteiger partial charge is 0.338 e. The third-order valence-corrected chi connectivity index (χ3v) is 4.10. The highest BCUT2D eigenvalue weighted by Crippen LogP contribution is 2.22. The van der Waals surface area contributed by atoms with Gasteiger partial charge in [-0.05, 0) is 44.7 Å². The van der Waals surface area contributed by atoms with Crippen molar-refractivity contribution in [3.8, 4) is 0 Å². The van der Waals surface area contributed by atoms with E-state index in [1.807, 2.05) is 19.9 Å². The van der Waals surface area contributed by atoms with E-state index in [-0.39, 0.29) is 12.5 Å². The van der Waals surface area contributed by atoms with Gasteiger partial charge in [-0.2, -0.15) is 0 Å². The van der Waals surface area contributed by atoms with Crippen LogP contribution in [0.2, 0.25) is 0 Å². The molecule has 1 amide bonds. The molecule has 1 aliphatic rings. The average Bonchev–Trinajstić information content (AvgIpc) is 2.50. The second-order valence-corrected chi connectivity index (χ2v) is 6.26. The number of esters is 1.